The summed E-state index contributed by atoms with van der Waals surface area (Å²) in [6.07, 6.45) is 0.0248. The summed E-state index contributed by atoms with van der Waals surface area (Å²) in [4.78, 5) is 22.1. The predicted molar refractivity (Wildman–Crippen MR) is 75.6 cm³/mol. The maximum absolute atomic E-state index is 11.9. The standard InChI is InChI=1S/C14H20N2O4/c1-9(2)6-12(17)8-15-14(18)13-5-4-11(16(19)20)7-10(13)3/h4-5,7,9,12,17H,6,8H2,1-3H3,(H,15,18). The van der Waals surface area contributed by atoms with E-state index in [-0.39, 0.29) is 18.1 Å². The Morgan fingerprint density at radius 3 is 2.60 bits per heavy atom. The van der Waals surface area contributed by atoms with Gasteiger partial charge in [0.2, 0.25) is 0 Å². The van der Waals surface area contributed by atoms with Crippen LogP contribution in [0.25, 0.3) is 0 Å². The molecule has 1 aromatic rings. The summed E-state index contributed by atoms with van der Waals surface area (Å²) in [6, 6.07) is 4.09. The van der Waals surface area contributed by atoms with Crippen LogP contribution in [0.3, 0.4) is 0 Å². The summed E-state index contributed by atoms with van der Waals surface area (Å²) in [7, 11) is 0. The summed E-state index contributed by atoms with van der Waals surface area (Å²) in [5.41, 5.74) is 0.876. The Morgan fingerprint density at radius 1 is 1.45 bits per heavy atom. The molecule has 1 rings (SSSR count). The second kappa shape index (κ2) is 7.00. The van der Waals surface area contributed by atoms with Crippen molar-refractivity contribution in [3.63, 3.8) is 0 Å². The monoisotopic (exact) mass is 280 g/mol. The van der Waals surface area contributed by atoms with Gasteiger partial charge in [0.1, 0.15) is 0 Å². The number of nitro groups is 1. The molecule has 6 heteroatoms. The third-order valence-electron chi connectivity index (χ3n) is 2.91. The molecule has 0 spiro atoms. The molecular weight excluding hydrogens is 260 g/mol. The van der Waals surface area contributed by atoms with Crippen LogP contribution in [0.1, 0.15) is 36.2 Å². The fourth-order valence-corrected chi connectivity index (χ4v) is 1.95. The van der Waals surface area contributed by atoms with Crippen molar-refractivity contribution in [2.75, 3.05) is 6.54 Å². The van der Waals surface area contributed by atoms with Gasteiger partial charge in [-0.15, -0.1) is 0 Å². The fraction of sp³-hybridized carbons (Fsp3) is 0.500. The minimum absolute atomic E-state index is 0.0427. The highest BCUT2D eigenvalue weighted by Gasteiger charge is 2.15. The average molecular weight is 280 g/mol. The van der Waals surface area contributed by atoms with Gasteiger partial charge in [-0.1, -0.05) is 13.8 Å². The van der Waals surface area contributed by atoms with Crippen LogP contribution >= 0.6 is 0 Å². The number of hydrogen-bond acceptors (Lipinski definition) is 4. The first-order chi connectivity index (χ1) is 9.31. The Bertz CT molecular complexity index is 500. The minimum Gasteiger partial charge on any atom is -0.391 e. The Hall–Kier alpha value is -1.95. The van der Waals surface area contributed by atoms with Crippen molar-refractivity contribution in [2.24, 2.45) is 5.92 Å². The van der Waals surface area contributed by atoms with Crippen LogP contribution in [-0.2, 0) is 0 Å². The molecule has 0 aromatic heterocycles. The molecule has 1 atom stereocenters. The molecule has 20 heavy (non-hydrogen) atoms. The smallest absolute Gasteiger partial charge is 0.269 e. The van der Waals surface area contributed by atoms with Gasteiger partial charge < -0.3 is 10.4 Å². The summed E-state index contributed by atoms with van der Waals surface area (Å²) in [6.45, 7) is 5.80. The Labute approximate surface area is 118 Å². The molecule has 0 fully saturated rings. The van der Waals surface area contributed by atoms with Gasteiger partial charge in [0, 0.05) is 24.2 Å². The highest BCUT2D eigenvalue weighted by molar-refractivity contribution is 5.95. The number of amides is 1. The van der Waals surface area contributed by atoms with E-state index in [9.17, 15) is 20.0 Å². The van der Waals surface area contributed by atoms with Crippen LogP contribution in [-0.4, -0.2) is 28.6 Å². The molecule has 0 aliphatic carbocycles. The van der Waals surface area contributed by atoms with Crippen molar-refractivity contribution in [2.45, 2.75) is 33.3 Å². The van der Waals surface area contributed by atoms with Gasteiger partial charge in [-0.05, 0) is 30.9 Å². The zero-order valence-corrected chi connectivity index (χ0v) is 11.9. The number of hydrogen-bond donors (Lipinski definition) is 2. The second-order valence-electron chi connectivity index (χ2n) is 5.25. The number of benzene rings is 1. The highest BCUT2D eigenvalue weighted by Crippen LogP contribution is 2.17. The number of nitrogens with zero attached hydrogens (tertiary/aromatic N) is 1. The molecule has 0 aliphatic rings. The van der Waals surface area contributed by atoms with Gasteiger partial charge in [0.25, 0.3) is 11.6 Å². The first kappa shape index (κ1) is 16.1. The van der Waals surface area contributed by atoms with E-state index in [4.69, 9.17) is 0 Å². The largest absolute Gasteiger partial charge is 0.391 e. The molecule has 0 bridgehead atoms. The van der Waals surface area contributed by atoms with E-state index in [1.807, 2.05) is 13.8 Å². The SMILES string of the molecule is Cc1cc([N+](=O)[O-])ccc1C(=O)NCC(O)CC(C)C. The van der Waals surface area contributed by atoms with Gasteiger partial charge in [-0.2, -0.15) is 0 Å². The number of rotatable bonds is 6. The van der Waals surface area contributed by atoms with Crippen molar-refractivity contribution in [3.8, 4) is 0 Å². The summed E-state index contributed by atoms with van der Waals surface area (Å²) >= 11 is 0. The van der Waals surface area contributed by atoms with E-state index < -0.39 is 11.0 Å². The number of carbonyl (C=O) groups is 1. The number of nitrogens with one attached hydrogen (secondary N) is 1. The molecule has 0 heterocycles. The lowest BCUT2D eigenvalue weighted by molar-refractivity contribution is -0.384. The van der Waals surface area contributed by atoms with Crippen molar-refractivity contribution >= 4 is 11.6 Å². The lowest BCUT2D eigenvalue weighted by atomic mass is 10.1. The van der Waals surface area contributed by atoms with E-state index in [0.717, 1.165) is 0 Å². The molecular formula is C14H20N2O4. The zero-order chi connectivity index (χ0) is 15.3. The Kier molecular flexibility index (Phi) is 5.64. The van der Waals surface area contributed by atoms with Gasteiger partial charge in [0.05, 0.1) is 11.0 Å². The van der Waals surface area contributed by atoms with Crippen molar-refractivity contribution in [1.29, 1.82) is 0 Å². The average Bonchev–Trinajstić information content (AvgIpc) is 2.34. The van der Waals surface area contributed by atoms with Gasteiger partial charge >= 0.3 is 0 Å². The van der Waals surface area contributed by atoms with Crippen molar-refractivity contribution < 1.29 is 14.8 Å². The first-order valence-electron chi connectivity index (χ1n) is 6.52. The molecule has 0 aliphatic heterocycles. The van der Waals surface area contributed by atoms with Gasteiger partial charge in [-0.3, -0.25) is 14.9 Å². The topological polar surface area (TPSA) is 92.5 Å². The molecule has 0 saturated heterocycles. The fourth-order valence-electron chi connectivity index (χ4n) is 1.95. The van der Waals surface area contributed by atoms with Crippen LogP contribution in [0.2, 0.25) is 0 Å². The van der Waals surface area contributed by atoms with Crippen LogP contribution in [0.5, 0.6) is 0 Å². The predicted octanol–water partition coefficient (Wildman–Crippen LogP) is 2.04. The van der Waals surface area contributed by atoms with E-state index in [1.165, 1.54) is 18.2 Å². The maximum atomic E-state index is 11.9. The summed E-state index contributed by atoms with van der Waals surface area (Å²) in [5, 5.41) is 23.0. The maximum Gasteiger partial charge on any atom is 0.269 e. The minimum atomic E-state index is -0.586. The van der Waals surface area contributed by atoms with Crippen LogP contribution in [0, 0.1) is 23.0 Å². The Balaban J connectivity index is 2.66. The van der Waals surface area contributed by atoms with E-state index in [1.54, 1.807) is 6.92 Å². The zero-order valence-electron chi connectivity index (χ0n) is 11.9. The van der Waals surface area contributed by atoms with Crippen LogP contribution in [0.15, 0.2) is 18.2 Å². The third kappa shape index (κ3) is 4.62. The Morgan fingerprint density at radius 2 is 2.10 bits per heavy atom. The normalized spacial score (nSPS) is 12.2. The molecule has 0 saturated carbocycles. The number of nitro benzene ring substituents is 1. The lowest BCUT2D eigenvalue weighted by Gasteiger charge is -2.14. The third-order valence-corrected chi connectivity index (χ3v) is 2.91. The van der Waals surface area contributed by atoms with E-state index >= 15 is 0 Å². The summed E-state index contributed by atoms with van der Waals surface area (Å²) in [5.74, 6) is 0.0169. The number of aliphatic hydroxyl groups excluding tert-OH is 1. The van der Waals surface area contributed by atoms with Crippen LogP contribution < -0.4 is 5.32 Å². The lowest BCUT2D eigenvalue weighted by Crippen LogP contribution is -2.33. The molecule has 0 radical (unpaired) electrons. The molecule has 6 nitrogen and oxygen atoms in total. The molecule has 2 N–H and O–H groups in total. The first-order valence-corrected chi connectivity index (χ1v) is 6.52. The summed E-state index contributed by atoms with van der Waals surface area (Å²) < 4.78 is 0. The molecule has 1 aromatic carbocycles. The number of aliphatic hydroxyl groups is 1. The van der Waals surface area contributed by atoms with Crippen molar-refractivity contribution in [1.82, 2.24) is 5.32 Å². The number of non-ortho nitro benzene ring substituents is 1. The number of aryl methyl sites for hydroxylation is 1. The molecule has 1 amide bonds. The van der Waals surface area contributed by atoms with Crippen molar-refractivity contribution in [3.05, 3.63) is 39.4 Å². The second-order valence-corrected chi connectivity index (χ2v) is 5.25. The van der Waals surface area contributed by atoms with Crippen LogP contribution in [0.4, 0.5) is 5.69 Å². The van der Waals surface area contributed by atoms with E-state index in [0.29, 0.717) is 23.5 Å². The number of carbonyl (C=O) groups excluding carboxylic acids is 1. The van der Waals surface area contributed by atoms with Gasteiger partial charge in [0.15, 0.2) is 0 Å². The molecule has 1 unspecified atom stereocenters. The van der Waals surface area contributed by atoms with Gasteiger partial charge in [-0.25, -0.2) is 0 Å². The quantitative estimate of drug-likeness (QED) is 0.616. The van der Waals surface area contributed by atoms with E-state index in [2.05, 4.69) is 5.32 Å². The molecule has 110 valence electrons. The highest BCUT2D eigenvalue weighted by atomic mass is 16.6.